The fourth-order valence-corrected chi connectivity index (χ4v) is 5.58. The number of sulfonamides is 1. The fourth-order valence-electron chi connectivity index (χ4n) is 3.20. The largest absolute Gasteiger partial charge is 0.288 e. The predicted octanol–water partition coefficient (Wildman–Crippen LogP) is 3.73. The number of carbonyl (C=O) groups excluding carboxylic acids is 1. The number of Topliss-reactive ketones (excluding diaryl/α,β-unsaturated/α-hetero) is 1. The van der Waals surface area contributed by atoms with E-state index in [0.717, 1.165) is 11.6 Å². The molecule has 0 amide bonds. The second kappa shape index (κ2) is 7.72. The Morgan fingerprint density at radius 3 is 1.90 bits per heavy atom. The summed E-state index contributed by atoms with van der Waals surface area (Å²) >= 11 is 0. The van der Waals surface area contributed by atoms with Crippen molar-refractivity contribution in [2.24, 2.45) is 4.40 Å². The number of sulfone groups is 1. The minimum absolute atomic E-state index is 0.0270. The van der Waals surface area contributed by atoms with Crippen LogP contribution in [0.5, 0.6) is 0 Å². The number of benzene rings is 3. The highest BCUT2D eigenvalue weighted by Crippen LogP contribution is 2.30. The molecular weight excluding hydrogens is 434 g/mol. The maximum absolute atomic E-state index is 13.1. The van der Waals surface area contributed by atoms with Crippen LogP contribution in [0.4, 0.5) is 0 Å². The normalized spacial score (nSPS) is 15.5. The average molecular weight is 452 g/mol. The summed E-state index contributed by atoms with van der Waals surface area (Å²) in [6.07, 6.45) is 1.04. The van der Waals surface area contributed by atoms with Crippen LogP contribution in [-0.4, -0.2) is 28.3 Å². The van der Waals surface area contributed by atoms with E-state index >= 15 is 0 Å². The molecule has 31 heavy (non-hydrogen) atoms. The molecule has 0 atom stereocenters. The van der Waals surface area contributed by atoms with Crippen molar-refractivity contribution in [1.82, 2.24) is 0 Å². The Morgan fingerprint density at radius 1 is 0.677 bits per heavy atom. The van der Waals surface area contributed by atoms with Crippen LogP contribution in [0.15, 0.2) is 104 Å². The number of nitrogens with zero attached hydrogens (tertiary/aromatic N) is 1. The van der Waals surface area contributed by atoms with Gasteiger partial charge in [-0.25, -0.2) is 8.42 Å². The van der Waals surface area contributed by atoms with Gasteiger partial charge in [-0.05, 0) is 37.3 Å². The zero-order valence-corrected chi connectivity index (χ0v) is 18.0. The highest BCUT2D eigenvalue weighted by atomic mass is 32.2. The Hall–Kier alpha value is -3.36. The van der Waals surface area contributed by atoms with Crippen molar-refractivity contribution in [3.05, 3.63) is 107 Å². The number of rotatable bonds is 4. The van der Waals surface area contributed by atoms with E-state index in [1.165, 1.54) is 30.3 Å². The smallest absolute Gasteiger partial charge is 0.282 e. The summed E-state index contributed by atoms with van der Waals surface area (Å²) < 4.78 is 55.9. The number of fused-ring (bicyclic) bond motifs is 1. The Balaban J connectivity index is 1.93. The molecule has 0 saturated carbocycles. The fraction of sp³-hybridized carbons (Fsp3) is 0.0435. The Labute approximate surface area is 180 Å². The standard InChI is InChI=1S/C23H17NO5S2/c1-16-11-13-18(14-12-16)31(28,29)24-21-15-22(23(25)20-10-6-5-9-19(20)21)30(26,27)17-7-3-2-4-8-17/h2-15H,1H3. The SMILES string of the molecule is Cc1ccc(S(=O)(=O)N=C2C=C(S(=O)(=O)c3ccccc3)C(=O)c3ccccc32)cc1. The molecular formula is C23H17NO5S2. The van der Waals surface area contributed by atoms with Crippen molar-refractivity contribution in [2.45, 2.75) is 16.7 Å². The van der Waals surface area contributed by atoms with Crippen LogP contribution in [-0.2, 0) is 19.9 Å². The lowest BCUT2D eigenvalue weighted by Gasteiger charge is -2.17. The summed E-state index contributed by atoms with van der Waals surface area (Å²) in [5, 5.41) is 0. The summed E-state index contributed by atoms with van der Waals surface area (Å²) in [4.78, 5) is 12.4. The van der Waals surface area contributed by atoms with E-state index in [9.17, 15) is 21.6 Å². The lowest BCUT2D eigenvalue weighted by molar-refractivity contribution is 0.104. The van der Waals surface area contributed by atoms with Crippen LogP contribution in [0.25, 0.3) is 0 Å². The summed E-state index contributed by atoms with van der Waals surface area (Å²) in [6, 6.07) is 19.9. The number of hydrogen-bond acceptors (Lipinski definition) is 5. The van der Waals surface area contributed by atoms with Gasteiger partial charge < -0.3 is 0 Å². The molecule has 8 heteroatoms. The topological polar surface area (TPSA) is 97.7 Å². The van der Waals surface area contributed by atoms with Gasteiger partial charge in [-0.15, -0.1) is 0 Å². The van der Waals surface area contributed by atoms with Crippen LogP contribution >= 0.6 is 0 Å². The Morgan fingerprint density at radius 2 is 1.26 bits per heavy atom. The molecule has 156 valence electrons. The number of aryl methyl sites for hydroxylation is 1. The minimum Gasteiger partial charge on any atom is -0.288 e. The van der Waals surface area contributed by atoms with E-state index in [0.29, 0.717) is 0 Å². The van der Waals surface area contributed by atoms with Gasteiger partial charge in [0.05, 0.1) is 15.5 Å². The van der Waals surface area contributed by atoms with E-state index in [1.54, 1.807) is 48.5 Å². The summed E-state index contributed by atoms with van der Waals surface area (Å²) in [7, 11) is -8.31. The Kier molecular flexibility index (Phi) is 5.20. The first kappa shape index (κ1) is 20.9. The molecule has 0 heterocycles. The van der Waals surface area contributed by atoms with Gasteiger partial charge >= 0.3 is 0 Å². The molecule has 0 bridgehead atoms. The lowest BCUT2D eigenvalue weighted by Crippen LogP contribution is -2.23. The van der Waals surface area contributed by atoms with E-state index < -0.39 is 30.5 Å². The molecule has 0 aliphatic heterocycles. The van der Waals surface area contributed by atoms with Crippen molar-refractivity contribution in [2.75, 3.05) is 0 Å². The van der Waals surface area contributed by atoms with Gasteiger partial charge in [0.2, 0.25) is 15.6 Å². The van der Waals surface area contributed by atoms with Gasteiger partial charge in [0, 0.05) is 11.1 Å². The first-order valence-corrected chi connectivity index (χ1v) is 12.2. The first-order valence-electron chi connectivity index (χ1n) is 9.28. The van der Waals surface area contributed by atoms with Crippen molar-refractivity contribution in [3.63, 3.8) is 0 Å². The molecule has 3 aromatic rings. The molecule has 0 saturated heterocycles. The highest BCUT2D eigenvalue weighted by molar-refractivity contribution is 7.96. The van der Waals surface area contributed by atoms with Gasteiger partial charge in [0.15, 0.2) is 0 Å². The van der Waals surface area contributed by atoms with E-state index in [1.807, 2.05) is 6.92 Å². The van der Waals surface area contributed by atoms with Gasteiger partial charge in [0.1, 0.15) is 4.91 Å². The van der Waals surface area contributed by atoms with Crippen molar-refractivity contribution in [1.29, 1.82) is 0 Å². The third-order valence-electron chi connectivity index (χ3n) is 4.82. The zero-order chi connectivity index (χ0) is 22.2. The number of ketones is 1. The van der Waals surface area contributed by atoms with Gasteiger partial charge in [-0.1, -0.05) is 60.2 Å². The van der Waals surface area contributed by atoms with E-state index in [-0.39, 0.29) is 26.6 Å². The number of carbonyl (C=O) groups is 1. The molecule has 3 aromatic carbocycles. The Bertz CT molecular complexity index is 1450. The van der Waals surface area contributed by atoms with E-state index in [2.05, 4.69) is 4.40 Å². The van der Waals surface area contributed by atoms with Crippen LogP contribution in [0, 0.1) is 6.92 Å². The first-order chi connectivity index (χ1) is 14.7. The van der Waals surface area contributed by atoms with Gasteiger partial charge in [0.25, 0.3) is 10.0 Å². The maximum atomic E-state index is 13.1. The van der Waals surface area contributed by atoms with Gasteiger partial charge in [-0.2, -0.15) is 12.8 Å². The van der Waals surface area contributed by atoms with Crippen molar-refractivity contribution in [3.8, 4) is 0 Å². The predicted molar refractivity (Wildman–Crippen MR) is 117 cm³/mol. The van der Waals surface area contributed by atoms with Crippen LogP contribution in [0.3, 0.4) is 0 Å². The molecule has 0 aromatic heterocycles. The monoisotopic (exact) mass is 451 g/mol. The second-order valence-corrected chi connectivity index (χ2v) is 10.5. The average Bonchev–Trinajstić information content (AvgIpc) is 2.76. The van der Waals surface area contributed by atoms with Crippen molar-refractivity contribution < 1.29 is 21.6 Å². The second-order valence-electron chi connectivity index (χ2n) is 6.96. The molecule has 1 aliphatic rings. The molecule has 0 unspecified atom stereocenters. The molecule has 1 aliphatic carbocycles. The van der Waals surface area contributed by atoms with Crippen LogP contribution in [0.2, 0.25) is 0 Å². The molecule has 0 fully saturated rings. The van der Waals surface area contributed by atoms with Crippen LogP contribution < -0.4 is 0 Å². The molecule has 6 nitrogen and oxygen atoms in total. The number of allylic oxidation sites excluding steroid dienone is 2. The molecule has 0 radical (unpaired) electrons. The van der Waals surface area contributed by atoms with Crippen molar-refractivity contribution >= 4 is 31.4 Å². The van der Waals surface area contributed by atoms with Gasteiger partial charge in [-0.3, -0.25) is 4.79 Å². The third-order valence-corrected chi connectivity index (χ3v) is 7.90. The van der Waals surface area contributed by atoms with Crippen LogP contribution in [0.1, 0.15) is 21.5 Å². The quantitative estimate of drug-likeness (QED) is 0.602. The zero-order valence-electron chi connectivity index (χ0n) is 16.4. The molecule has 0 N–H and O–H groups in total. The van der Waals surface area contributed by atoms with E-state index in [4.69, 9.17) is 0 Å². The summed E-state index contributed by atoms with van der Waals surface area (Å²) in [6.45, 7) is 1.83. The molecule has 4 rings (SSSR count). The maximum Gasteiger partial charge on any atom is 0.282 e. The number of hydrogen-bond donors (Lipinski definition) is 0. The minimum atomic E-state index is -4.18. The highest BCUT2D eigenvalue weighted by Gasteiger charge is 2.34. The summed E-state index contributed by atoms with van der Waals surface area (Å²) in [5.74, 6) is -0.703. The lowest BCUT2D eigenvalue weighted by atomic mass is 9.94. The third kappa shape index (κ3) is 3.87. The summed E-state index contributed by atoms with van der Waals surface area (Å²) in [5.41, 5.74) is 1.12. The molecule has 0 spiro atoms.